The van der Waals surface area contributed by atoms with Crippen molar-refractivity contribution in [1.29, 1.82) is 0 Å². The molecule has 0 aliphatic heterocycles. The molecule has 0 radical (unpaired) electrons. The van der Waals surface area contributed by atoms with Crippen LogP contribution in [0.4, 0.5) is 5.82 Å². The van der Waals surface area contributed by atoms with Gasteiger partial charge in [-0.1, -0.05) is 67.1 Å². The van der Waals surface area contributed by atoms with E-state index < -0.39 is 0 Å². The normalized spacial score (nSPS) is 19.6. The zero-order valence-electron chi connectivity index (χ0n) is 17.4. The van der Waals surface area contributed by atoms with E-state index in [0.717, 1.165) is 35.6 Å². The number of aromatic nitrogens is 2. The van der Waals surface area contributed by atoms with Crippen molar-refractivity contribution in [2.45, 2.75) is 25.7 Å². The predicted octanol–water partition coefficient (Wildman–Crippen LogP) is 5.53. The molecule has 1 aliphatic carbocycles. The highest BCUT2D eigenvalue weighted by Gasteiger charge is 2.21. The van der Waals surface area contributed by atoms with Crippen LogP contribution in [0, 0.1) is 11.8 Å². The van der Waals surface area contributed by atoms with Crippen LogP contribution in [0.15, 0.2) is 66.7 Å². The molecule has 4 heteroatoms. The number of allylic oxidation sites excluding steroid dienone is 2. The number of para-hydroxylation sites is 1. The first kappa shape index (κ1) is 20.3. The van der Waals surface area contributed by atoms with Crippen LogP contribution >= 0.6 is 0 Å². The van der Waals surface area contributed by atoms with Crippen molar-refractivity contribution >= 4 is 28.9 Å². The Morgan fingerprint density at radius 1 is 0.900 bits per heavy atom. The van der Waals surface area contributed by atoms with Gasteiger partial charge in [-0.2, -0.15) is 0 Å². The Bertz CT molecular complexity index is 1010. The van der Waals surface area contributed by atoms with E-state index in [0.29, 0.717) is 11.8 Å². The summed E-state index contributed by atoms with van der Waals surface area (Å²) < 4.78 is 0. The number of benzene rings is 2. The zero-order chi connectivity index (χ0) is 20.6. The van der Waals surface area contributed by atoms with Crippen LogP contribution < -0.4 is 11.1 Å². The highest BCUT2D eigenvalue weighted by Crippen LogP contribution is 2.29. The third-order valence-corrected chi connectivity index (χ3v) is 5.85. The lowest BCUT2D eigenvalue weighted by atomic mass is 9.81. The van der Waals surface area contributed by atoms with Gasteiger partial charge < -0.3 is 11.1 Å². The first-order chi connectivity index (χ1) is 14.8. The molecule has 1 fully saturated rings. The maximum Gasteiger partial charge on any atom is 0.154 e. The van der Waals surface area contributed by atoms with E-state index in [1.54, 1.807) is 0 Å². The molecule has 0 amide bonds. The second-order valence-electron chi connectivity index (χ2n) is 8.09. The molecule has 0 saturated heterocycles. The molecule has 2 unspecified atom stereocenters. The van der Waals surface area contributed by atoms with E-state index in [9.17, 15) is 0 Å². The lowest BCUT2D eigenvalue weighted by Crippen LogP contribution is -2.26. The predicted molar refractivity (Wildman–Crippen MR) is 127 cm³/mol. The number of anilines is 1. The Morgan fingerprint density at radius 3 is 2.53 bits per heavy atom. The molecule has 0 bridgehead atoms. The molecule has 3 N–H and O–H groups in total. The number of rotatable bonds is 7. The summed E-state index contributed by atoms with van der Waals surface area (Å²) in [7, 11) is 0. The zero-order valence-corrected chi connectivity index (χ0v) is 17.4. The van der Waals surface area contributed by atoms with Gasteiger partial charge in [0.25, 0.3) is 0 Å². The van der Waals surface area contributed by atoms with Crippen LogP contribution in [-0.2, 0) is 0 Å². The fraction of sp³-hybridized carbons (Fsp3) is 0.308. The van der Waals surface area contributed by atoms with Gasteiger partial charge in [-0.05, 0) is 61.4 Å². The van der Waals surface area contributed by atoms with E-state index in [4.69, 9.17) is 15.7 Å². The van der Waals surface area contributed by atoms with Crippen molar-refractivity contribution in [3.63, 3.8) is 0 Å². The quantitative estimate of drug-likeness (QED) is 0.513. The van der Waals surface area contributed by atoms with Crippen molar-refractivity contribution in [3.05, 3.63) is 78.1 Å². The number of fused-ring (bicyclic) bond motifs is 1. The maximum atomic E-state index is 5.91. The van der Waals surface area contributed by atoms with Crippen LogP contribution in [0.2, 0.25) is 0 Å². The number of nitrogens with two attached hydrogens (primary N) is 1. The van der Waals surface area contributed by atoms with Crippen molar-refractivity contribution in [1.82, 2.24) is 9.97 Å². The van der Waals surface area contributed by atoms with Crippen LogP contribution in [0.25, 0.3) is 23.1 Å². The van der Waals surface area contributed by atoms with Gasteiger partial charge >= 0.3 is 0 Å². The Labute approximate surface area is 178 Å². The molecule has 1 aliphatic rings. The van der Waals surface area contributed by atoms with E-state index in [1.165, 1.54) is 31.2 Å². The smallest absolute Gasteiger partial charge is 0.154 e. The summed E-state index contributed by atoms with van der Waals surface area (Å²) in [6.45, 7) is 1.74. The second kappa shape index (κ2) is 10.2. The van der Waals surface area contributed by atoms with Gasteiger partial charge in [-0.3, -0.25) is 0 Å². The lowest BCUT2D eigenvalue weighted by Gasteiger charge is -2.28. The Morgan fingerprint density at radius 2 is 1.67 bits per heavy atom. The Balaban J connectivity index is 1.49. The minimum absolute atomic E-state index is 0.661. The maximum absolute atomic E-state index is 5.91. The number of nitrogens with zero attached hydrogens (tertiary/aromatic N) is 2. The topological polar surface area (TPSA) is 63.8 Å². The molecule has 1 heterocycles. The third kappa shape index (κ3) is 5.33. The van der Waals surface area contributed by atoms with Gasteiger partial charge in [0, 0.05) is 11.9 Å². The van der Waals surface area contributed by atoms with Crippen LogP contribution in [0.5, 0.6) is 0 Å². The molecule has 1 saturated carbocycles. The minimum atomic E-state index is 0.661. The molecule has 2 atom stereocenters. The summed E-state index contributed by atoms with van der Waals surface area (Å²) in [4.78, 5) is 9.51. The Kier molecular flexibility index (Phi) is 6.88. The average Bonchev–Trinajstić information content (AvgIpc) is 2.81. The summed E-state index contributed by atoms with van der Waals surface area (Å²) in [5.74, 6) is 2.97. The number of hydrogen-bond acceptors (Lipinski definition) is 4. The molecule has 1 aromatic heterocycles. The molecular weight excluding hydrogens is 368 g/mol. The minimum Gasteiger partial charge on any atom is -0.369 e. The first-order valence-corrected chi connectivity index (χ1v) is 10.9. The highest BCUT2D eigenvalue weighted by molar-refractivity contribution is 5.89. The SMILES string of the molecule is NCC1CCCC(CNc2nc(C=CC=Cc3ccccc3)nc3ccccc23)C1. The second-order valence-corrected chi connectivity index (χ2v) is 8.09. The molecule has 30 heavy (non-hydrogen) atoms. The summed E-state index contributed by atoms with van der Waals surface area (Å²) in [5.41, 5.74) is 8.04. The van der Waals surface area contributed by atoms with Crippen LogP contribution in [-0.4, -0.2) is 23.1 Å². The fourth-order valence-corrected chi connectivity index (χ4v) is 4.22. The standard InChI is InChI=1S/C26H30N4/c27-18-21-12-8-13-22(17-21)19-28-26-23-14-5-6-15-24(23)29-25(30-26)16-7-4-11-20-9-2-1-3-10-20/h1-7,9-11,14-16,21-22H,8,12-13,17-19,27H2,(H,28,29,30). The largest absolute Gasteiger partial charge is 0.369 e. The van der Waals surface area contributed by atoms with Crippen molar-refractivity contribution < 1.29 is 0 Å². The molecule has 3 aromatic rings. The summed E-state index contributed by atoms with van der Waals surface area (Å²) in [5, 5.41) is 4.68. The van der Waals surface area contributed by atoms with Crippen molar-refractivity contribution in [2.75, 3.05) is 18.4 Å². The van der Waals surface area contributed by atoms with Crippen molar-refractivity contribution in [2.24, 2.45) is 17.6 Å². The molecule has 4 nitrogen and oxygen atoms in total. The van der Waals surface area contributed by atoms with Crippen LogP contribution in [0.1, 0.15) is 37.1 Å². The summed E-state index contributed by atoms with van der Waals surface area (Å²) in [6.07, 6.45) is 13.1. The Hall–Kier alpha value is -2.98. The number of nitrogens with one attached hydrogen (secondary N) is 1. The molecule has 0 spiro atoms. The summed E-state index contributed by atoms with van der Waals surface area (Å²) >= 11 is 0. The van der Waals surface area contributed by atoms with Crippen molar-refractivity contribution in [3.8, 4) is 0 Å². The van der Waals surface area contributed by atoms with Crippen LogP contribution in [0.3, 0.4) is 0 Å². The third-order valence-electron chi connectivity index (χ3n) is 5.85. The molecule has 2 aromatic carbocycles. The number of hydrogen-bond donors (Lipinski definition) is 2. The highest BCUT2D eigenvalue weighted by atomic mass is 15.0. The molecule has 4 rings (SSSR count). The van der Waals surface area contributed by atoms with Gasteiger partial charge in [-0.15, -0.1) is 0 Å². The van der Waals surface area contributed by atoms with Gasteiger partial charge in [0.05, 0.1) is 5.52 Å². The summed E-state index contributed by atoms with van der Waals surface area (Å²) in [6, 6.07) is 18.5. The van der Waals surface area contributed by atoms with Gasteiger partial charge in [0.1, 0.15) is 5.82 Å². The van der Waals surface area contributed by atoms with Gasteiger partial charge in [-0.25, -0.2) is 9.97 Å². The molecule has 154 valence electrons. The van der Waals surface area contributed by atoms with E-state index in [2.05, 4.69) is 29.6 Å². The van der Waals surface area contributed by atoms with E-state index in [1.807, 2.05) is 54.6 Å². The van der Waals surface area contributed by atoms with Gasteiger partial charge in [0.15, 0.2) is 5.82 Å². The molecular formula is C26H30N4. The van der Waals surface area contributed by atoms with E-state index >= 15 is 0 Å². The van der Waals surface area contributed by atoms with Gasteiger partial charge in [0.2, 0.25) is 0 Å². The first-order valence-electron chi connectivity index (χ1n) is 10.9. The fourth-order valence-electron chi connectivity index (χ4n) is 4.22. The van der Waals surface area contributed by atoms with E-state index in [-0.39, 0.29) is 0 Å². The average molecular weight is 399 g/mol. The lowest BCUT2D eigenvalue weighted by molar-refractivity contribution is 0.281. The monoisotopic (exact) mass is 398 g/mol.